The van der Waals surface area contributed by atoms with E-state index in [1.54, 1.807) is 6.21 Å². The third kappa shape index (κ3) is 5.37. The highest BCUT2D eigenvalue weighted by Crippen LogP contribution is 2.17. The number of rotatable bonds is 6. The summed E-state index contributed by atoms with van der Waals surface area (Å²) < 4.78 is 0. The second kappa shape index (κ2) is 8.28. The van der Waals surface area contributed by atoms with E-state index in [9.17, 15) is 4.79 Å². The minimum Gasteiger partial charge on any atom is -0.272 e. The van der Waals surface area contributed by atoms with Crippen LogP contribution in [0, 0.1) is 5.92 Å². The Labute approximate surface area is 138 Å². The number of carbonyl (C=O) groups is 1. The molecule has 0 unspecified atom stereocenters. The average molecular weight is 308 g/mol. The number of hydrazone groups is 1. The molecule has 23 heavy (non-hydrogen) atoms. The summed E-state index contributed by atoms with van der Waals surface area (Å²) >= 11 is 0. The minimum absolute atomic E-state index is 0.103. The molecule has 0 aliphatic heterocycles. The van der Waals surface area contributed by atoms with Crippen LogP contribution in [0.2, 0.25) is 0 Å². The van der Waals surface area contributed by atoms with Gasteiger partial charge in [-0.15, -0.1) is 0 Å². The number of benzene rings is 2. The summed E-state index contributed by atoms with van der Waals surface area (Å²) in [5.41, 5.74) is 5.87. The van der Waals surface area contributed by atoms with Crippen molar-refractivity contribution >= 4 is 12.1 Å². The van der Waals surface area contributed by atoms with Gasteiger partial charge in [0, 0.05) is 0 Å². The SMILES string of the molecule is CC(C)Cc1ccc([C@@H](C)C(=O)N/N=C\c2ccccc2)cc1. The van der Waals surface area contributed by atoms with Gasteiger partial charge in [-0.3, -0.25) is 4.79 Å². The molecule has 0 aliphatic carbocycles. The lowest BCUT2D eigenvalue weighted by Gasteiger charge is -2.11. The van der Waals surface area contributed by atoms with Crippen LogP contribution in [0.3, 0.4) is 0 Å². The van der Waals surface area contributed by atoms with Crippen molar-refractivity contribution in [1.29, 1.82) is 0 Å². The number of nitrogens with zero attached hydrogens (tertiary/aromatic N) is 1. The van der Waals surface area contributed by atoms with Crippen molar-refractivity contribution in [2.45, 2.75) is 33.1 Å². The highest BCUT2D eigenvalue weighted by Gasteiger charge is 2.14. The van der Waals surface area contributed by atoms with Gasteiger partial charge in [-0.2, -0.15) is 5.10 Å². The van der Waals surface area contributed by atoms with Gasteiger partial charge in [-0.1, -0.05) is 68.4 Å². The van der Waals surface area contributed by atoms with Crippen molar-refractivity contribution in [3.63, 3.8) is 0 Å². The van der Waals surface area contributed by atoms with Gasteiger partial charge in [0.2, 0.25) is 5.91 Å². The van der Waals surface area contributed by atoms with Gasteiger partial charge in [0.25, 0.3) is 0 Å². The van der Waals surface area contributed by atoms with Crippen molar-refractivity contribution < 1.29 is 4.79 Å². The Morgan fingerprint density at radius 2 is 1.70 bits per heavy atom. The van der Waals surface area contributed by atoms with Crippen molar-refractivity contribution in [3.8, 4) is 0 Å². The average Bonchev–Trinajstić information content (AvgIpc) is 2.55. The number of nitrogens with one attached hydrogen (secondary N) is 1. The van der Waals surface area contributed by atoms with Gasteiger partial charge >= 0.3 is 0 Å². The molecule has 2 aromatic rings. The van der Waals surface area contributed by atoms with Gasteiger partial charge < -0.3 is 0 Å². The summed E-state index contributed by atoms with van der Waals surface area (Å²) in [6.45, 7) is 6.30. The molecule has 1 amide bonds. The number of carbonyl (C=O) groups excluding carboxylic acids is 1. The summed E-state index contributed by atoms with van der Waals surface area (Å²) in [6, 6.07) is 18.0. The second-order valence-electron chi connectivity index (χ2n) is 6.21. The summed E-state index contributed by atoms with van der Waals surface area (Å²) in [5.74, 6) is 0.304. The highest BCUT2D eigenvalue weighted by atomic mass is 16.2. The van der Waals surface area contributed by atoms with Gasteiger partial charge in [-0.05, 0) is 36.0 Å². The second-order valence-corrected chi connectivity index (χ2v) is 6.21. The Morgan fingerprint density at radius 1 is 1.04 bits per heavy atom. The van der Waals surface area contributed by atoms with E-state index in [1.165, 1.54) is 5.56 Å². The van der Waals surface area contributed by atoms with Gasteiger partial charge in [0.05, 0.1) is 12.1 Å². The highest BCUT2D eigenvalue weighted by molar-refractivity contribution is 5.85. The molecule has 1 atom stereocenters. The third-order valence-electron chi connectivity index (χ3n) is 3.70. The van der Waals surface area contributed by atoms with E-state index in [0.717, 1.165) is 17.5 Å². The molecule has 0 aromatic heterocycles. The van der Waals surface area contributed by atoms with Crippen molar-refractivity contribution in [1.82, 2.24) is 5.43 Å². The zero-order valence-corrected chi connectivity index (χ0v) is 14.0. The van der Waals surface area contributed by atoms with E-state index < -0.39 is 0 Å². The number of amides is 1. The standard InChI is InChI=1S/C20H24N2O/c1-15(2)13-17-9-11-19(12-10-17)16(3)20(23)22-21-14-18-7-5-4-6-8-18/h4-12,14-16H,13H2,1-3H3,(H,22,23)/b21-14-/t16-/m1/s1. The smallest absolute Gasteiger partial charge is 0.247 e. The zero-order valence-electron chi connectivity index (χ0n) is 14.0. The fraction of sp³-hybridized carbons (Fsp3) is 0.300. The molecule has 3 nitrogen and oxygen atoms in total. The van der Waals surface area contributed by atoms with Crippen molar-refractivity contribution in [2.24, 2.45) is 11.0 Å². The summed E-state index contributed by atoms with van der Waals surface area (Å²) in [7, 11) is 0. The summed E-state index contributed by atoms with van der Waals surface area (Å²) in [4.78, 5) is 12.2. The molecule has 0 radical (unpaired) electrons. The molecule has 120 valence electrons. The van der Waals surface area contributed by atoms with E-state index in [4.69, 9.17) is 0 Å². The normalized spacial score (nSPS) is 12.5. The Bertz CT molecular complexity index is 645. The lowest BCUT2D eigenvalue weighted by molar-refractivity contribution is -0.122. The molecular weight excluding hydrogens is 284 g/mol. The molecule has 0 spiro atoms. The molecule has 1 N–H and O–H groups in total. The maximum Gasteiger partial charge on any atom is 0.247 e. The maximum absolute atomic E-state index is 12.2. The minimum atomic E-state index is -0.226. The Hall–Kier alpha value is -2.42. The van der Waals surface area contributed by atoms with E-state index in [0.29, 0.717) is 5.92 Å². The van der Waals surface area contributed by atoms with Crippen LogP contribution in [0.15, 0.2) is 59.7 Å². The maximum atomic E-state index is 12.2. The third-order valence-corrected chi connectivity index (χ3v) is 3.70. The summed E-state index contributed by atoms with van der Waals surface area (Å²) in [6.07, 6.45) is 2.71. The quantitative estimate of drug-likeness (QED) is 0.632. The lowest BCUT2D eigenvalue weighted by atomic mass is 9.96. The lowest BCUT2D eigenvalue weighted by Crippen LogP contribution is -2.23. The van der Waals surface area contributed by atoms with Crippen LogP contribution in [0.25, 0.3) is 0 Å². The molecule has 2 rings (SSSR count). The predicted molar refractivity (Wildman–Crippen MR) is 95.6 cm³/mol. The van der Waals surface area contributed by atoms with E-state index in [-0.39, 0.29) is 11.8 Å². The molecule has 0 fully saturated rings. The first-order valence-electron chi connectivity index (χ1n) is 8.03. The molecular formula is C20H24N2O. The largest absolute Gasteiger partial charge is 0.272 e. The van der Waals surface area contributed by atoms with Crippen LogP contribution in [0.4, 0.5) is 0 Å². The van der Waals surface area contributed by atoms with E-state index >= 15 is 0 Å². The van der Waals surface area contributed by atoms with Crippen molar-refractivity contribution in [3.05, 3.63) is 71.3 Å². The Balaban J connectivity index is 1.92. The van der Waals surface area contributed by atoms with Crippen LogP contribution >= 0.6 is 0 Å². The van der Waals surface area contributed by atoms with Crippen LogP contribution in [-0.4, -0.2) is 12.1 Å². The van der Waals surface area contributed by atoms with E-state index in [2.05, 4.69) is 36.5 Å². The molecule has 0 heterocycles. The first kappa shape index (κ1) is 16.9. The zero-order chi connectivity index (χ0) is 16.7. The molecule has 0 bridgehead atoms. The fourth-order valence-corrected chi connectivity index (χ4v) is 2.37. The fourth-order valence-electron chi connectivity index (χ4n) is 2.37. The Morgan fingerprint density at radius 3 is 2.30 bits per heavy atom. The molecule has 2 aromatic carbocycles. The molecule has 0 saturated heterocycles. The topological polar surface area (TPSA) is 41.5 Å². The molecule has 0 saturated carbocycles. The first-order valence-corrected chi connectivity index (χ1v) is 8.03. The monoisotopic (exact) mass is 308 g/mol. The van der Waals surface area contributed by atoms with Crippen LogP contribution in [0.5, 0.6) is 0 Å². The van der Waals surface area contributed by atoms with Gasteiger partial charge in [-0.25, -0.2) is 5.43 Å². The number of hydrogen-bond acceptors (Lipinski definition) is 2. The predicted octanol–water partition coefficient (Wildman–Crippen LogP) is 4.14. The van der Waals surface area contributed by atoms with Crippen molar-refractivity contribution in [2.75, 3.05) is 0 Å². The van der Waals surface area contributed by atoms with E-state index in [1.807, 2.05) is 49.4 Å². The van der Waals surface area contributed by atoms with Crippen LogP contribution < -0.4 is 5.43 Å². The van der Waals surface area contributed by atoms with Gasteiger partial charge in [0.1, 0.15) is 0 Å². The van der Waals surface area contributed by atoms with Crippen LogP contribution in [-0.2, 0) is 11.2 Å². The molecule has 0 aliphatic rings. The first-order chi connectivity index (χ1) is 11.1. The van der Waals surface area contributed by atoms with Crippen LogP contribution in [0.1, 0.15) is 43.4 Å². The number of hydrogen-bond donors (Lipinski definition) is 1. The van der Waals surface area contributed by atoms with Gasteiger partial charge in [0.15, 0.2) is 0 Å². The Kier molecular flexibility index (Phi) is 6.10. The summed E-state index contributed by atoms with van der Waals surface area (Å²) in [5, 5.41) is 4.02. The molecule has 3 heteroatoms.